The van der Waals surface area contributed by atoms with Gasteiger partial charge in [-0.3, -0.25) is 9.59 Å². The van der Waals surface area contributed by atoms with E-state index >= 15 is 0 Å². The summed E-state index contributed by atoms with van der Waals surface area (Å²) in [6, 6.07) is 13.8. The number of carbonyl (C=O) groups is 2. The number of aryl methyl sites for hydroxylation is 2. The summed E-state index contributed by atoms with van der Waals surface area (Å²) in [5.41, 5.74) is 2.90. The second-order valence-electron chi connectivity index (χ2n) is 5.52. The smallest absolute Gasteiger partial charge is 0.229 e. The molecular formula is C20H18O4. The van der Waals surface area contributed by atoms with Crippen molar-refractivity contribution >= 4 is 23.1 Å². The molecule has 2 aromatic carbocycles. The van der Waals surface area contributed by atoms with Crippen LogP contribution in [0.3, 0.4) is 0 Å². The summed E-state index contributed by atoms with van der Waals surface area (Å²) < 4.78 is 0. The van der Waals surface area contributed by atoms with Crippen molar-refractivity contribution in [2.45, 2.75) is 13.8 Å². The topological polar surface area (TPSA) is 74.6 Å². The number of allylic oxidation sites excluding steroid dienone is 2. The summed E-state index contributed by atoms with van der Waals surface area (Å²) in [5.74, 6) is -2.41. The largest absolute Gasteiger partial charge is 0.507 e. The normalized spacial score (nSPS) is 12.1. The Morgan fingerprint density at radius 2 is 0.958 bits per heavy atom. The molecule has 24 heavy (non-hydrogen) atoms. The van der Waals surface area contributed by atoms with Crippen molar-refractivity contribution in [2.24, 2.45) is 0 Å². The molecule has 0 radical (unpaired) electrons. The molecule has 0 saturated carbocycles. The molecule has 0 aliphatic heterocycles. The van der Waals surface area contributed by atoms with Crippen LogP contribution in [0.1, 0.15) is 22.3 Å². The fourth-order valence-electron chi connectivity index (χ4n) is 2.01. The van der Waals surface area contributed by atoms with E-state index in [0.717, 1.165) is 23.3 Å². The third-order valence-electron chi connectivity index (χ3n) is 3.47. The molecule has 0 amide bonds. The van der Waals surface area contributed by atoms with Crippen LogP contribution in [0.5, 0.6) is 0 Å². The molecule has 0 aromatic heterocycles. The molecule has 2 N–H and O–H groups in total. The van der Waals surface area contributed by atoms with Crippen molar-refractivity contribution in [1.29, 1.82) is 0 Å². The van der Waals surface area contributed by atoms with Gasteiger partial charge >= 0.3 is 0 Å². The number of rotatable bonds is 5. The molecule has 2 aromatic rings. The van der Waals surface area contributed by atoms with E-state index in [1.165, 1.54) is 0 Å². The molecule has 0 spiro atoms. The van der Waals surface area contributed by atoms with E-state index in [2.05, 4.69) is 0 Å². The lowest BCUT2D eigenvalue weighted by Gasteiger charge is -2.01. The van der Waals surface area contributed by atoms with Crippen molar-refractivity contribution in [3.05, 3.63) is 82.9 Å². The number of aliphatic hydroxyl groups is 2. The molecule has 0 bridgehead atoms. The Kier molecular flexibility index (Phi) is 5.32. The van der Waals surface area contributed by atoms with E-state index in [0.29, 0.717) is 11.1 Å². The minimum atomic E-state index is -0.910. The van der Waals surface area contributed by atoms with E-state index in [1.54, 1.807) is 48.5 Å². The van der Waals surface area contributed by atoms with Crippen molar-refractivity contribution in [1.82, 2.24) is 0 Å². The van der Waals surface area contributed by atoms with Gasteiger partial charge in [-0.1, -0.05) is 59.7 Å². The lowest BCUT2D eigenvalue weighted by atomic mass is 10.1. The van der Waals surface area contributed by atoms with Gasteiger partial charge in [-0.25, -0.2) is 0 Å². The molecule has 4 heteroatoms. The highest BCUT2D eigenvalue weighted by atomic mass is 16.3. The number of benzene rings is 2. The van der Waals surface area contributed by atoms with Gasteiger partial charge in [0.1, 0.15) is 11.5 Å². The average Bonchev–Trinajstić information content (AvgIpc) is 2.55. The van der Waals surface area contributed by atoms with Crippen LogP contribution in [0.25, 0.3) is 11.5 Å². The van der Waals surface area contributed by atoms with Gasteiger partial charge in [-0.15, -0.1) is 0 Å². The second kappa shape index (κ2) is 7.42. The number of ketones is 2. The zero-order chi connectivity index (χ0) is 17.7. The van der Waals surface area contributed by atoms with Gasteiger partial charge in [0, 0.05) is 23.3 Å². The van der Waals surface area contributed by atoms with Crippen LogP contribution < -0.4 is 0 Å². The van der Waals surface area contributed by atoms with Gasteiger partial charge in [0.25, 0.3) is 0 Å². The van der Waals surface area contributed by atoms with Crippen molar-refractivity contribution < 1.29 is 19.8 Å². The molecule has 0 saturated heterocycles. The van der Waals surface area contributed by atoms with Gasteiger partial charge in [0.05, 0.1) is 0 Å². The van der Waals surface area contributed by atoms with Crippen molar-refractivity contribution in [3.8, 4) is 0 Å². The maximum absolute atomic E-state index is 11.9. The Hall–Kier alpha value is -3.14. The predicted octanol–water partition coefficient (Wildman–Crippen LogP) is 3.94. The summed E-state index contributed by atoms with van der Waals surface area (Å²) in [6.45, 7) is 3.80. The quantitative estimate of drug-likeness (QED) is 0.497. The van der Waals surface area contributed by atoms with Gasteiger partial charge < -0.3 is 10.2 Å². The van der Waals surface area contributed by atoms with Gasteiger partial charge in [0.15, 0.2) is 0 Å². The lowest BCUT2D eigenvalue weighted by molar-refractivity contribution is -0.130. The molecule has 0 heterocycles. The Bertz CT molecular complexity index is 738. The van der Waals surface area contributed by atoms with Crippen LogP contribution in [0, 0.1) is 13.8 Å². The highest BCUT2D eigenvalue weighted by Crippen LogP contribution is 2.14. The monoisotopic (exact) mass is 322 g/mol. The van der Waals surface area contributed by atoms with Gasteiger partial charge in [-0.05, 0) is 13.8 Å². The first-order valence-electron chi connectivity index (χ1n) is 7.40. The van der Waals surface area contributed by atoms with Crippen LogP contribution in [0.2, 0.25) is 0 Å². The predicted molar refractivity (Wildman–Crippen MR) is 93.6 cm³/mol. The Labute approximate surface area is 140 Å². The molecular weight excluding hydrogens is 304 g/mol. The Balaban J connectivity index is 2.15. The van der Waals surface area contributed by atoms with Crippen molar-refractivity contribution in [3.63, 3.8) is 0 Å². The Morgan fingerprint density at radius 1 is 0.667 bits per heavy atom. The van der Waals surface area contributed by atoms with Crippen LogP contribution in [-0.2, 0) is 9.59 Å². The highest BCUT2D eigenvalue weighted by molar-refractivity contribution is 6.47. The van der Waals surface area contributed by atoms with E-state index in [4.69, 9.17) is 0 Å². The number of hydrogen-bond acceptors (Lipinski definition) is 4. The molecule has 2 rings (SSSR count). The maximum atomic E-state index is 11.9. The highest BCUT2D eigenvalue weighted by Gasteiger charge is 2.12. The molecule has 0 atom stereocenters. The molecule has 122 valence electrons. The van der Waals surface area contributed by atoms with E-state index in [-0.39, 0.29) is 11.5 Å². The van der Waals surface area contributed by atoms with Crippen LogP contribution in [0.4, 0.5) is 0 Å². The molecule has 0 aliphatic carbocycles. The zero-order valence-electron chi connectivity index (χ0n) is 13.5. The second-order valence-corrected chi connectivity index (χ2v) is 5.52. The third-order valence-corrected chi connectivity index (χ3v) is 3.47. The van der Waals surface area contributed by atoms with E-state index < -0.39 is 11.6 Å². The van der Waals surface area contributed by atoms with Crippen LogP contribution in [-0.4, -0.2) is 21.8 Å². The summed E-state index contributed by atoms with van der Waals surface area (Å²) in [4.78, 5) is 23.7. The number of carbonyl (C=O) groups excluding carboxylic acids is 2. The first-order chi connectivity index (χ1) is 11.4. The molecule has 0 unspecified atom stereocenters. The molecule has 0 fully saturated rings. The lowest BCUT2D eigenvalue weighted by Crippen LogP contribution is -2.09. The summed E-state index contributed by atoms with van der Waals surface area (Å²) in [5, 5.41) is 19.8. The minimum absolute atomic E-state index is 0.295. The van der Waals surface area contributed by atoms with Crippen LogP contribution in [0.15, 0.2) is 60.7 Å². The third kappa shape index (κ3) is 4.43. The summed E-state index contributed by atoms with van der Waals surface area (Å²) in [6.07, 6.45) is 1.71. The first-order valence-corrected chi connectivity index (χ1v) is 7.40. The van der Waals surface area contributed by atoms with Crippen molar-refractivity contribution in [2.75, 3.05) is 0 Å². The Morgan fingerprint density at radius 3 is 1.25 bits per heavy atom. The van der Waals surface area contributed by atoms with E-state index in [9.17, 15) is 19.8 Å². The number of aliphatic hydroxyl groups excluding tert-OH is 2. The maximum Gasteiger partial charge on any atom is 0.229 e. The zero-order valence-corrected chi connectivity index (χ0v) is 13.5. The standard InChI is InChI=1S/C20H18O4/c1-13-3-7-15(8-4-13)17(21)11-19(23)20(24)12-18(22)16-9-5-14(2)6-10-16/h3-12,21-22H,1-2H3/b17-11-,18-12-. The molecule has 0 aliphatic rings. The summed E-state index contributed by atoms with van der Waals surface area (Å²) in [7, 11) is 0. The minimum Gasteiger partial charge on any atom is -0.507 e. The summed E-state index contributed by atoms with van der Waals surface area (Å²) >= 11 is 0. The van der Waals surface area contributed by atoms with E-state index in [1.807, 2.05) is 13.8 Å². The number of hydrogen-bond donors (Lipinski definition) is 2. The van der Waals surface area contributed by atoms with Gasteiger partial charge in [0.2, 0.25) is 11.6 Å². The fourth-order valence-corrected chi connectivity index (χ4v) is 2.01. The van der Waals surface area contributed by atoms with Gasteiger partial charge in [-0.2, -0.15) is 0 Å². The SMILES string of the molecule is Cc1ccc(/C(O)=C/C(=O)C(=O)/C=C(\O)c2ccc(C)cc2)cc1. The first kappa shape index (κ1) is 17.2. The molecule has 4 nitrogen and oxygen atoms in total. The van der Waals surface area contributed by atoms with Crippen LogP contribution >= 0.6 is 0 Å². The average molecular weight is 322 g/mol. The fraction of sp³-hybridized carbons (Fsp3) is 0.100.